The molecule has 1 aromatic heterocycles. The molecule has 3 heteroatoms. The summed E-state index contributed by atoms with van der Waals surface area (Å²) in [5.74, 6) is -0.0278. The maximum Gasteiger partial charge on any atom is 0.270 e. The van der Waals surface area contributed by atoms with Crippen LogP contribution in [0, 0.1) is 13.8 Å². The van der Waals surface area contributed by atoms with Crippen molar-refractivity contribution in [2.24, 2.45) is 0 Å². The van der Waals surface area contributed by atoms with Crippen molar-refractivity contribution < 1.29 is 4.79 Å². The van der Waals surface area contributed by atoms with Gasteiger partial charge in [0.2, 0.25) is 0 Å². The Morgan fingerprint density at radius 1 is 1.24 bits per heavy atom. The molecule has 1 N–H and O–H groups in total. The van der Waals surface area contributed by atoms with Gasteiger partial charge in [-0.2, -0.15) is 0 Å². The van der Waals surface area contributed by atoms with Gasteiger partial charge in [-0.05, 0) is 38.3 Å². The number of nitrogens with one attached hydrogen (secondary N) is 1. The van der Waals surface area contributed by atoms with Gasteiger partial charge in [0, 0.05) is 11.7 Å². The van der Waals surface area contributed by atoms with E-state index in [0.29, 0.717) is 11.7 Å². The minimum Gasteiger partial charge on any atom is -0.348 e. The predicted octanol–water partition coefficient (Wildman–Crippen LogP) is 2.76. The summed E-state index contributed by atoms with van der Waals surface area (Å²) in [5.41, 5.74) is 2.60. The van der Waals surface area contributed by atoms with Gasteiger partial charge in [-0.25, -0.2) is 4.98 Å². The fourth-order valence-electron chi connectivity index (χ4n) is 2.26. The minimum atomic E-state index is -0.0278. The third-order valence-corrected chi connectivity index (χ3v) is 3.52. The number of aromatic nitrogens is 1. The molecule has 1 aromatic rings. The zero-order chi connectivity index (χ0) is 12.3. The zero-order valence-electron chi connectivity index (χ0n) is 10.6. The molecular weight excluding hydrogens is 212 g/mol. The van der Waals surface area contributed by atoms with Crippen LogP contribution in [0.5, 0.6) is 0 Å². The average Bonchev–Trinajstić information content (AvgIpc) is 2.34. The fourth-order valence-corrected chi connectivity index (χ4v) is 2.26. The van der Waals surface area contributed by atoms with Gasteiger partial charge in [0.15, 0.2) is 0 Å². The Morgan fingerprint density at radius 2 is 1.94 bits per heavy atom. The van der Waals surface area contributed by atoms with Gasteiger partial charge in [-0.1, -0.05) is 25.3 Å². The van der Waals surface area contributed by atoms with E-state index in [4.69, 9.17) is 0 Å². The Morgan fingerprint density at radius 3 is 2.59 bits per heavy atom. The molecule has 2 rings (SSSR count). The van der Waals surface area contributed by atoms with Crippen LogP contribution in [0.3, 0.4) is 0 Å². The van der Waals surface area contributed by atoms with Crippen molar-refractivity contribution in [2.45, 2.75) is 52.0 Å². The maximum absolute atomic E-state index is 12.0. The normalized spacial score (nSPS) is 16.8. The summed E-state index contributed by atoms with van der Waals surface area (Å²) in [6, 6.07) is 4.11. The molecule has 1 heterocycles. The Hall–Kier alpha value is -1.38. The number of hydrogen-bond donors (Lipinski definition) is 1. The molecule has 0 aliphatic heterocycles. The average molecular weight is 232 g/mol. The molecule has 1 saturated carbocycles. The number of carbonyl (C=O) groups excluding carboxylic acids is 1. The van der Waals surface area contributed by atoms with E-state index in [2.05, 4.69) is 10.3 Å². The number of carbonyl (C=O) groups is 1. The summed E-state index contributed by atoms with van der Waals surface area (Å²) >= 11 is 0. The van der Waals surface area contributed by atoms with Crippen molar-refractivity contribution in [2.75, 3.05) is 0 Å². The van der Waals surface area contributed by atoms with Crippen LogP contribution in [0.2, 0.25) is 0 Å². The van der Waals surface area contributed by atoms with Gasteiger partial charge >= 0.3 is 0 Å². The van der Waals surface area contributed by atoms with Crippen molar-refractivity contribution in [3.8, 4) is 0 Å². The van der Waals surface area contributed by atoms with E-state index in [1.807, 2.05) is 19.9 Å². The van der Waals surface area contributed by atoms with Gasteiger partial charge in [0.25, 0.3) is 5.91 Å². The Kier molecular flexibility index (Phi) is 3.77. The second-order valence-corrected chi connectivity index (χ2v) is 4.91. The first-order valence-corrected chi connectivity index (χ1v) is 6.42. The number of aryl methyl sites for hydroxylation is 2. The van der Waals surface area contributed by atoms with Crippen molar-refractivity contribution in [3.63, 3.8) is 0 Å². The molecule has 17 heavy (non-hydrogen) atoms. The van der Waals surface area contributed by atoms with E-state index in [0.717, 1.165) is 24.1 Å². The third-order valence-electron chi connectivity index (χ3n) is 3.52. The molecule has 1 aliphatic rings. The Bertz CT molecular complexity index is 409. The molecule has 0 atom stereocenters. The highest BCUT2D eigenvalue weighted by atomic mass is 16.1. The maximum atomic E-state index is 12.0. The zero-order valence-corrected chi connectivity index (χ0v) is 10.6. The minimum absolute atomic E-state index is 0.0278. The lowest BCUT2D eigenvalue weighted by Crippen LogP contribution is -2.36. The lowest BCUT2D eigenvalue weighted by molar-refractivity contribution is 0.0922. The molecule has 0 radical (unpaired) electrons. The topological polar surface area (TPSA) is 42.0 Å². The van der Waals surface area contributed by atoms with Gasteiger partial charge < -0.3 is 5.32 Å². The SMILES string of the molecule is Cc1ccc(C(=O)NC2CCCCC2)nc1C. The summed E-state index contributed by atoms with van der Waals surface area (Å²) in [6.07, 6.45) is 5.97. The Labute approximate surface area is 103 Å². The summed E-state index contributed by atoms with van der Waals surface area (Å²) in [5, 5.41) is 3.08. The molecule has 0 aromatic carbocycles. The first kappa shape index (κ1) is 12.1. The van der Waals surface area contributed by atoms with Crippen molar-refractivity contribution in [1.82, 2.24) is 10.3 Å². The predicted molar refractivity (Wildman–Crippen MR) is 68.1 cm³/mol. The molecule has 1 amide bonds. The largest absolute Gasteiger partial charge is 0.348 e. The second kappa shape index (κ2) is 5.30. The van der Waals surface area contributed by atoms with Gasteiger partial charge in [0.05, 0.1) is 0 Å². The fraction of sp³-hybridized carbons (Fsp3) is 0.571. The highest BCUT2D eigenvalue weighted by molar-refractivity contribution is 5.92. The van der Waals surface area contributed by atoms with Crippen LogP contribution >= 0.6 is 0 Å². The molecule has 1 aliphatic carbocycles. The number of pyridine rings is 1. The van der Waals surface area contributed by atoms with Crippen LogP contribution in [0.25, 0.3) is 0 Å². The molecule has 1 fully saturated rings. The summed E-state index contributed by atoms with van der Waals surface area (Å²) in [7, 11) is 0. The van der Waals surface area contributed by atoms with Crippen LogP contribution in [-0.4, -0.2) is 16.9 Å². The standard InChI is InChI=1S/C14H20N2O/c1-10-8-9-13(15-11(10)2)14(17)16-12-6-4-3-5-7-12/h8-9,12H,3-7H2,1-2H3,(H,16,17). The Balaban J connectivity index is 2.01. The molecule has 0 bridgehead atoms. The first-order chi connectivity index (χ1) is 8.16. The van der Waals surface area contributed by atoms with Crippen LogP contribution < -0.4 is 5.32 Å². The summed E-state index contributed by atoms with van der Waals surface area (Å²) < 4.78 is 0. The quantitative estimate of drug-likeness (QED) is 0.852. The number of amides is 1. The van der Waals surface area contributed by atoms with Crippen LogP contribution in [-0.2, 0) is 0 Å². The van der Waals surface area contributed by atoms with Crippen molar-refractivity contribution in [3.05, 3.63) is 29.1 Å². The highest BCUT2D eigenvalue weighted by Crippen LogP contribution is 2.17. The third kappa shape index (κ3) is 3.05. The van der Waals surface area contributed by atoms with Crippen molar-refractivity contribution in [1.29, 1.82) is 0 Å². The van der Waals surface area contributed by atoms with E-state index in [-0.39, 0.29) is 5.91 Å². The van der Waals surface area contributed by atoms with Gasteiger partial charge in [0.1, 0.15) is 5.69 Å². The molecule has 0 spiro atoms. The molecule has 92 valence electrons. The molecule has 3 nitrogen and oxygen atoms in total. The van der Waals surface area contributed by atoms with E-state index in [1.165, 1.54) is 19.3 Å². The molecular formula is C14H20N2O. The molecule has 0 unspecified atom stereocenters. The lowest BCUT2D eigenvalue weighted by atomic mass is 9.95. The number of nitrogens with zero attached hydrogens (tertiary/aromatic N) is 1. The van der Waals surface area contributed by atoms with Gasteiger partial charge in [-0.3, -0.25) is 4.79 Å². The molecule has 0 saturated heterocycles. The first-order valence-electron chi connectivity index (χ1n) is 6.42. The van der Waals surface area contributed by atoms with E-state index in [1.54, 1.807) is 6.07 Å². The van der Waals surface area contributed by atoms with Crippen LogP contribution in [0.1, 0.15) is 53.8 Å². The van der Waals surface area contributed by atoms with Gasteiger partial charge in [-0.15, -0.1) is 0 Å². The number of rotatable bonds is 2. The van der Waals surface area contributed by atoms with Crippen molar-refractivity contribution >= 4 is 5.91 Å². The van der Waals surface area contributed by atoms with Crippen LogP contribution in [0.15, 0.2) is 12.1 Å². The smallest absolute Gasteiger partial charge is 0.270 e. The van der Waals surface area contributed by atoms with E-state index >= 15 is 0 Å². The summed E-state index contributed by atoms with van der Waals surface area (Å²) in [6.45, 7) is 3.94. The summed E-state index contributed by atoms with van der Waals surface area (Å²) in [4.78, 5) is 16.3. The number of hydrogen-bond acceptors (Lipinski definition) is 2. The van der Waals surface area contributed by atoms with Crippen LogP contribution in [0.4, 0.5) is 0 Å². The van der Waals surface area contributed by atoms with E-state index in [9.17, 15) is 4.79 Å². The highest BCUT2D eigenvalue weighted by Gasteiger charge is 2.17. The van der Waals surface area contributed by atoms with E-state index < -0.39 is 0 Å². The second-order valence-electron chi connectivity index (χ2n) is 4.91. The lowest BCUT2D eigenvalue weighted by Gasteiger charge is -2.22. The monoisotopic (exact) mass is 232 g/mol.